The number of hydrogen-bond donors (Lipinski definition) is 3. The Bertz CT molecular complexity index is 681. The maximum absolute atomic E-state index is 7.72. The largest absolute Gasteiger partial charge is 0.379 e. The average Bonchev–Trinajstić information content (AvgIpc) is 2.66. The molecule has 0 saturated heterocycles. The molecule has 0 amide bonds. The molecule has 0 saturated carbocycles. The van der Waals surface area contributed by atoms with Crippen molar-refractivity contribution in [3.05, 3.63) is 66.0 Å². The number of benzene rings is 1. The minimum Gasteiger partial charge on any atom is -0.379 e. The van der Waals surface area contributed by atoms with Crippen LogP contribution in [0.4, 0.5) is 0 Å². The Morgan fingerprint density at radius 3 is 2.58 bits per heavy atom. The first-order chi connectivity index (χ1) is 12.7. The summed E-state index contributed by atoms with van der Waals surface area (Å²) >= 11 is 5.34. The minimum absolute atomic E-state index is 0.0728. The Balaban J connectivity index is 1.64. The van der Waals surface area contributed by atoms with Crippen LogP contribution in [0.2, 0.25) is 0 Å². The topological polar surface area (TPSA) is 87.3 Å². The van der Waals surface area contributed by atoms with Gasteiger partial charge in [-0.1, -0.05) is 36.4 Å². The zero-order valence-electron chi connectivity index (χ0n) is 14.7. The number of rotatable bonds is 9. The van der Waals surface area contributed by atoms with E-state index in [4.69, 9.17) is 28.1 Å². The zero-order chi connectivity index (χ0) is 18.6. The van der Waals surface area contributed by atoms with Gasteiger partial charge < -0.3 is 15.8 Å². The molecule has 0 atom stereocenters. The van der Waals surface area contributed by atoms with Crippen molar-refractivity contribution < 1.29 is 4.74 Å². The van der Waals surface area contributed by atoms with Crippen molar-refractivity contribution in [1.82, 2.24) is 15.2 Å². The van der Waals surface area contributed by atoms with E-state index in [2.05, 4.69) is 22.4 Å². The third-order valence-corrected chi connectivity index (χ3v) is 4.15. The summed E-state index contributed by atoms with van der Waals surface area (Å²) in [6.45, 7) is 2.31. The summed E-state index contributed by atoms with van der Waals surface area (Å²) in [6.07, 6.45) is 5.13. The van der Waals surface area contributed by atoms with Crippen molar-refractivity contribution in [2.45, 2.75) is 12.8 Å². The number of nitrogens with one attached hydrogen (secondary N) is 2. The average molecular weight is 372 g/mol. The predicted octanol–water partition coefficient (Wildman–Crippen LogP) is 1.95. The van der Waals surface area contributed by atoms with E-state index in [9.17, 15) is 0 Å². The number of pyridine rings is 1. The highest BCUT2D eigenvalue weighted by atomic mass is 32.1. The fourth-order valence-electron chi connectivity index (χ4n) is 2.38. The van der Waals surface area contributed by atoms with Crippen LogP contribution in [0.5, 0.6) is 0 Å². The predicted molar refractivity (Wildman–Crippen MR) is 108 cm³/mol. The van der Waals surface area contributed by atoms with Gasteiger partial charge in [0.1, 0.15) is 0 Å². The summed E-state index contributed by atoms with van der Waals surface area (Å²) in [4.78, 5) is 5.66. The second kappa shape index (κ2) is 11.2. The molecular weight excluding hydrogens is 346 g/mol. The molecule has 6 nitrogen and oxygen atoms in total. The third kappa shape index (κ3) is 7.16. The normalized spacial score (nSPS) is 10.3. The van der Waals surface area contributed by atoms with Crippen LogP contribution in [0.1, 0.15) is 11.1 Å². The van der Waals surface area contributed by atoms with Crippen LogP contribution in [0.3, 0.4) is 0 Å². The molecule has 1 aromatic carbocycles. The molecule has 1 heterocycles. The minimum atomic E-state index is -0.0728. The molecular formula is C19H25N5OS. The van der Waals surface area contributed by atoms with Gasteiger partial charge in [-0.3, -0.25) is 15.3 Å². The lowest BCUT2D eigenvalue weighted by Crippen LogP contribution is -2.48. The molecule has 2 rings (SSSR count). The molecule has 1 aromatic heterocycles. The van der Waals surface area contributed by atoms with E-state index in [0.29, 0.717) is 37.8 Å². The maximum Gasteiger partial charge on any atom is 0.194 e. The van der Waals surface area contributed by atoms with Gasteiger partial charge in [0.05, 0.1) is 13.2 Å². The van der Waals surface area contributed by atoms with Gasteiger partial charge in [-0.25, -0.2) is 0 Å². The zero-order valence-corrected chi connectivity index (χ0v) is 15.5. The van der Waals surface area contributed by atoms with E-state index in [0.717, 1.165) is 12.0 Å². The van der Waals surface area contributed by atoms with Crippen LogP contribution >= 0.6 is 12.2 Å². The van der Waals surface area contributed by atoms with Crippen LogP contribution in [0, 0.1) is 5.41 Å². The summed E-state index contributed by atoms with van der Waals surface area (Å²) in [5, 5.41) is 11.3. The highest BCUT2D eigenvalue weighted by Gasteiger charge is 2.12. The van der Waals surface area contributed by atoms with Gasteiger partial charge in [0.2, 0.25) is 0 Å². The lowest BCUT2D eigenvalue weighted by atomic mass is 10.2. The Labute approximate surface area is 159 Å². The van der Waals surface area contributed by atoms with Crippen molar-refractivity contribution in [3.8, 4) is 0 Å². The highest BCUT2D eigenvalue weighted by Crippen LogP contribution is 2.01. The molecule has 4 N–H and O–H groups in total. The van der Waals surface area contributed by atoms with Crippen molar-refractivity contribution in [2.75, 3.05) is 26.3 Å². The van der Waals surface area contributed by atoms with E-state index >= 15 is 0 Å². The van der Waals surface area contributed by atoms with E-state index in [1.54, 1.807) is 17.3 Å². The first kappa shape index (κ1) is 19.8. The Morgan fingerprint density at radius 1 is 1.12 bits per heavy atom. The Hall–Kier alpha value is -2.51. The summed E-state index contributed by atoms with van der Waals surface area (Å²) < 4.78 is 5.62. The molecule has 0 unspecified atom stereocenters. The number of thiocarbonyl (C=S) groups is 1. The lowest BCUT2D eigenvalue weighted by Gasteiger charge is -2.24. The highest BCUT2D eigenvalue weighted by molar-refractivity contribution is 7.80. The molecule has 0 fully saturated rings. The van der Waals surface area contributed by atoms with Crippen LogP contribution in [-0.4, -0.2) is 47.3 Å². The number of nitrogens with two attached hydrogens (primary N) is 1. The van der Waals surface area contributed by atoms with Gasteiger partial charge in [-0.15, -0.1) is 0 Å². The molecule has 0 aliphatic heterocycles. The third-order valence-electron chi connectivity index (χ3n) is 3.78. The smallest absolute Gasteiger partial charge is 0.194 e. The molecule has 26 heavy (non-hydrogen) atoms. The second-order valence-electron chi connectivity index (χ2n) is 5.73. The van der Waals surface area contributed by atoms with E-state index in [1.807, 2.05) is 30.3 Å². The molecule has 0 aliphatic carbocycles. The van der Waals surface area contributed by atoms with Crippen LogP contribution in [-0.2, 0) is 17.6 Å². The second-order valence-corrected chi connectivity index (χ2v) is 6.11. The van der Waals surface area contributed by atoms with Gasteiger partial charge in [0.25, 0.3) is 0 Å². The van der Waals surface area contributed by atoms with Crippen molar-refractivity contribution >= 4 is 23.3 Å². The molecule has 0 bridgehead atoms. The monoisotopic (exact) mass is 371 g/mol. The van der Waals surface area contributed by atoms with Crippen LogP contribution < -0.4 is 11.1 Å². The summed E-state index contributed by atoms with van der Waals surface area (Å²) in [6, 6.07) is 14.1. The van der Waals surface area contributed by atoms with Gasteiger partial charge in [-0.2, -0.15) is 0 Å². The number of ether oxygens (including phenoxy) is 1. The molecule has 138 valence electrons. The molecule has 7 heteroatoms. The standard InChI is InChI=1S/C19H25N5OS/c20-18(21)24(12-8-17-7-4-10-22-15-17)19(26)23-11-14-25-13-9-16-5-2-1-3-6-16/h1-7,10,15H,8-9,11-14H2,(H3,20,21)(H,23,26). The molecule has 0 spiro atoms. The van der Waals surface area contributed by atoms with Gasteiger partial charge in [0, 0.05) is 25.5 Å². The van der Waals surface area contributed by atoms with Gasteiger partial charge >= 0.3 is 0 Å². The Morgan fingerprint density at radius 2 is 1.88 bits per heavy atom. The number of hydrogen-bond acceptors (Lipinski definition) is 4. The first-order valence-electron chi connectivity index (χ1n) is 8.57. The van der Waals surface area contributed by atoms with Gasteiger partial charge in [-0.05, 0) is 42.3 Å². The fourth-order valence-corrected chi connectivity index (χ4v) is 2.67. The number of nitrogens with zero attached hydrogens (tertiary/aromatic N) is 2. The number of aromatic nitrogens is 1. The van der Waals surface area contributed by atoms with Crippen LogP contribution in [0.15, 0.2) is 54.9 Å². The molecule has 0 aliphatic rings. The fraction of sp³-hybridized carbons (Fsp3) is 0.316. The van der Waals surface area contributed by atoms with Crippen molar-refractivity contribution in [2.24, 2.45) is 5.73 Å². The van der Waals surface area contributed by atoms with Crippen molar-refractivity contribution in [1.29, 1.82) is 5.41 Å². The molecule has 2 aromatic rings. The van der Waals surface area contributed by atoms with E-state index in [-0.39, 0.29) is 5.96 Å². The SMILES string of the molecule is N=C(N)N(CCc1cccnc1)C(=S)NCCOCCc1ccccc1. The summed E-state index contributed by atoms with van der Waals surface area (Å²) in [7, 11) is 0. The van der Waals surface area contributed by atoms with E-state index < -0.39 is 0 Å². The lowest BCUT2D eigenvalue weighted by molar-refractivity contribution is 0.141. The van der Waals surface area contributed by atoms with E-state index in [1.165, 1.54) is 5.56 Å². The molecule has 0 radical (unpaired) electrons. The number of guanidine groups is 1. The Kier molecular flexibility index (Phi) is 8.51. The maximum atomic E-state index is 7.72. The quantitative estimate of drug-likeness (QED) is 0.270. The van der Waals surface area contributed by atoms with Gasteiger partial charge in [0.15, 0.2) is 11.1 Å². The van der Waals surface area contributed by atoms with Crippen molar-refractivity contribution in [3.63, 3.8) is 0 Å². The first-order valence-corrected chi connectivity index (χ1v) is 8.97. The van der Waals surface area contributed by atoms with Crippen LogP contribution in [0.25, 0.3) is 0 Å². The summed E-state index contributed by atoms with van der Waals surface area (Å²) in [5.74, 6) is -0.0728. The summed E-state index contributed by atoms with van der Waals surface area (Å²) in [5.41, 5.74) is 7.99.